The molecule has 0 radical (unpaired) electrons. The number of nitro benzene ring substituents is 1. The van der Waals surface area contributed by atoms with Crippen molar-refractivity contribution in [3.05, 3.63) is 69.4 Å². The average molecular weight is 373 g/mol. The third kappa shape index (κ3) is 4.32. The number of carbonyl (C=O) groups is 1. The van der Waals surface area contributed by atoms with Crippen LogP contribution in [0.1, 0.15) is 17.4 Å². The fourth-order valence-corrected chi connectivity index (χ4v) is 3.06. The van der Waals surface area contributed by atoms with E-state index < -0.39 is 11.0 Å². The molecule has 2 aromatic heterocycles. The summed E-state index contributed by atoms with van der Waals surface area (Å²) < 4.78 is 5.26. The van der Waals surface area contributed by atoms with Gasteiger partial charge in [0.2, 0.25) is 5.91 Å². The van der Waals surface area contributed by atoms with E-state index in [0.29, 0.717) is 22.0 Å². The Labute approximate surface area is 152 Å². The summed E-state index contributed by atoms with van der Waals surface area (Å²) >= 11 is 1.38. The summed E-state index contributed by atoms with van der Waals surface area (Å²) in [6.07, 6.45) is 0.696. The van der Waals surface area contributed by atoms with E-state index in [-0.39, 0.29) is 24.6 Å². The van der Waals surface area contributed by atoms with E-state index in [1.54, 1.807) is 23.8 Å². The normalized spacial score (nSPS) is 11.9. The number of aliphatic hydroxyl groups excluding tert-OH is 1. The number of nitrogens with zero attached hydrogens (tertiary/aromatic N) is 2. The van der Waals surface area contributed by atoms with E-state index in [4.69, 9.17) is 4.42 Å². The van der Waals surface area contributed by atoms with Crippen LogP contribution < -0.4 is 5.32 Å². The largest absolute Gasteiger partial charge is 0.462 e. The van der Waals surface area contributed by atoms with Crippen molar-refractivity contribution in [3.8, 4) is 10.8 Å². The van der Waals surface area contributed by atoms with E-state index >= 15 is 0 Å². The molecule has 1 amide bonds. The SMILES string of the molecule is O=C(Cc1csc(-c2ccco2)n1)NC[C@@H](O)c1ccc([N+](=O)[O-])cc1. The first kappa shape index (κ1) is 17.8. The third-order valence-electron chi connectivity index (χ3n) is 3.61. The summed E-state index contributed by atoms with van der Waals surface area (Å²) in [6.45, 7) is 0.00578. The molecule has 9 heteroatoms. The smallest absolute Gasteiger partial charge is 0.269 e. The number of aliphatic hydroxyl groups is 1. The van der Waals surface area contributed by atoms with Gasteiger partial charge in [-0.2, -0.15) is 0 Å². The number of amides is 1. The Kier molecular flexibility index (Phi) is 5.40. The molecule has 2 N–H and O–H groups in total. The zero-order valence-electron chi connectivity index (χ0n) is 13.5. The van der Waals surface area contributed by atoms with Gasteiger partial charge in [-0.1, -0.05) is 0 Å². The van der Waals surface area contributed by atoms with Crippen molar-refractivity contribution in [2.75, 3.05) is 6.54 Å². The number of hydrogen-bond donors (Lipinski definition) is 2. The van der Waals surface area contributed by atoms with Crippen molar-refractivity contribution < 1.29 is 19.2 Å². The molecule has 8 nitrogen and oxygen atoms in total. The fraction of sp³-hybridized carbons (Fsp3) is 0.176. The molecule has 0 aliphatic carbocycles. The number of furan rings is 1. The number of non-ortho nitro benzene ring substituents is 1. The lowest BCUT2D eigenvalue weighted by molar-refractivity contribution is -0.384. The molecule has 0 spiro atoms. The maximum atomic E-state index is 12.0. The van der Waals surface area contributed by atoms with Gasteiger partial charge in [0.15, 0.2) is 10.8 Å². The van der Waals surface area contributed by atoms with Gasteiger partial charge in [0.25, 0.3) is 5.69 Å². The number of rotatable bonds is 7. The molecule has 0 bridgehead atoms. The molecule has 3 aromatic rings. The zero-order chi connectivity index (χ0) is 18.5. The predicted octanol–water partition coefficient (Wildman–Crippen LogP) is 2.70. The van der Waals surface area contributed by atoms with Gasteiger partial charge in [-0.15, -0.1) is 11.3 Å². The molecule has 1 atom stereocenters. The van der Waals surface area contributed by atoms with Crippen LogP contribution in [0.25, 0.3) is 10.8 Å². The lowest BCUT2D eigenvalue weighted by atomic mass is 10.1. The number of thiazole rings is 1. The van der Waals surface area contributed by atoms with Gasteiger partial charge in [0.05, 0.1) is 29.4 Å². The fourth-order valence-electron chi connectivity index (χ4n) is 2.28. The Hall–Kier alpha value is -3.04. The van der Waals surface area contributed by atoms with Crippen molar-refractivity contribution in [2.24, 2.45) is 0 Å². The summed E-state index contributed by atoms with van der Waals surface area (Å²) in [4.78, 5) is 26.5. The van der Waals surface area contributed by atoms with Gasteiger partial charge in [-0.3, -0.25) is 14.9 Å². The van der Waals surface area contributed by atoms with Crippen LogP contribution >= 0.6 is 11.3 Å². The van der Waals surface area contributed by atoms with E-state index in [0.717, 1.165) is 0 Å². The highest BCUT2D eigenvalue weighted by molar-refractivity contribution is 7.13. The topological polar surface area (TPSA) is 118 Å². The molecular weight excluding hydrogens is 358 g/mol. The highest BCUT2D eigenvalue weighted by atomic mass is 32.1. The molecular formula is C17H15N3O5S. The van der Waals surface area contributed by atoms with E-state index in [1.807, 2.05) is 0 Å². The number of nitro groups is 1. The Morgan fingerprint density at radius 2 is 2.12 bits per heavy atom. The summed E-state index contributed by atoms with van der Waals surface area (Å²) in [5.41, 5.74) is 1.05. The Morgan fingerprint density at radius 3 is 2.77 bits per heavy atom. The number of nitrogens with one attached hydrogen (secondary N) is 1. The summed E-state index contributed by atoms with van der Waals surface area (Å²) in [6, 6.07) is 9.11. The Morgan fingerprint density at radius 1 is 1.35 bits per heavy atom. The second kappa shape index (κ2) is 7.89. The van der Waals surface area contributed by atoms with Crippen molar-refractivity contribution in [1.29, 1.82) is 0 Å². The van der Waals surface area contributed by atoms with Crippen LogP contribution in [0.15, 0.2) is 52.5 Å². The number of hydrogen-bond acceptors (Lipinski definition) is 7. The van der Waals surface area contributed by atoms with E-state index in [2.05, 4.69) is 10.3 Å². The van der Waals surface area contributed by atoms with Gasteiger partial charge < -0.3 is 14.8 Å². The van der Waals surface area contributed by atoms with Crippen LogP contribution in [-0.4, -0.2) is 27.5 Å². The third-order valence-corrected chi connectivity index (χ3v) is 4.51. The average Bonchev–Trinajstić information content (AvgIpc) is 3.31. The van der Waals surface area contributed by atoms with Gasteiger partial charge in [-0.25, -0.2) is 4.98 Å². The second-order valence-corrected chi connectivity index (χ2v) is 6.32. The minimum absolute atomic E-state index is 0.00578. The van der Waals surface area contributed by atoms with Crippen molar-refractivity contribution in [1.82, 2.24) is 10.3 Å². The van der Waals surface area contributed by atoms with Crippen LogP contribution in [0.4, 0.5) is 5.69 Å². The molecule has 0 saturated carbocycles. The van der Waals surface area contributed by atoms with Crippen LogP contribution in [-0.2, 0) is 11.2 Å². The Bertz CT molecular complexity index is 890. The van der Waals surface area contributed by atoms with Crippen molar-refractivity contribution in [3.63, 3.8) is 0 Å². The van der Waals surface area contributed by atoms with Gasteiger partial charge >= 0.3 is 0 Å². The molecule has 0 saturated heterocycles. The molecule has 3 rings (SSSR count). The van der Waals surface area contributed by atoms with Crippen LogP contribution in [0, 0.1) is 10.1 Å². The lowest BCUT2D eigenvalue weighted by Crippen LogP contribution is -2.29. The minimum atomic E-state index is -0.950. The van der Waals surface area contributed by atoms with E-state index in [1.165, 1.54) is 35.6 Å². The highest BCUT2D eigenvalue weighted by Crippen LogP contribution is 2.24. The van der Waals surface area contributed by atoms with Crippen LogP contribution in [0.2, 0.25) is 0 Å². The summed E-state index contributed by atoms with van der Waals surface area (Å²) in [5.74, 6) is 0.373. The van der Waals surface area contributed by atoms with Crippen LogP contribution in [0.3, 0.4) is 0 Å². The molecule has 0 unspecified atom stereocenters. The van der Waals surface area contributed by atoms with Gasteiger partial charge in [-0.05, 0) is 29.8 Å². The number of aromatic nitrogens is 1. The van der Waals surface area contributed by atoms with E-state index in [9.17, 15) is 20.0 Å². The monoisotopic (exact) mass is 373 g/mol. The predicted molar refractivity (Wildman–Crippen MR) is 94.6 cm³/mol. The van der Waals surface area contributed by atoms with Crippen LogP contribution in [0.5, 0.6) is 0 Å². The molecule has 0 fully saturated rings. The molecule has 0 aliphatic heterocycles. The first-order valence-electron chi connectivity index (χ1n) is 7.70. The summed E-state index contributed by atoms with van der Waals surface area (Å²) in [5, 5.41) is 25.8. The lowest BCUT2D eigenvalue weighted by Gasteiger charge is -2.11. The van der Waals surface area contributed by atoms with Crippen molar-refractivity contribution in [2.45, 2.75) is 12.5 Å². The van der Waals surface area contributed by atoms with Gasteiger partial charge in [0, 0.05) is 24.1 Å². The second-order valence-electron chi connectivity index (χ2n) is 5.47. The molecule has 134 valence electrons. The first-order valence-corrected chi connectivity index (χ1v) is 8.58. The maximum Gasteiger partial charge on any atom is 0.269 e. The summed E-state index contributed by atoms with van der Waals surface area (Å²) in [7, 11) is 0. The Balaban J connectivity index is 1.51. The molecule has 0 aliphatic rings. The standard InChI is InChI=1S/C17H15N3O5S/c21-14(11-3-5-13(6-4-11)20(23)24)9-18-16(22)8-12-10-26-17(19-12)15-2-1-7-25-15/h1-7,10,14,21H,8-9H2,(H,18,22)/t14-/m1/s1. The number of benzene rings is 1. The minimum Gasteiger partial charge on any atom is -0.462 e. The quantitative estimate of drug-likeness (QED) is 0.485. The highest BCUT2D eigenvalue weighted by Gasteiger charge is 2.14. The first-order chi connectivity index (χ1) is 12.5. The number of carbonyl (C=O) groups excluding carboxylic acids is 1. The molecule has 2 heterocycles. The van der Waals surface area contributed by atoms with Crippen molar-refractivity contribution >= 4 is 22.9 Å². The molecule has 26 heavy (non-hydrogen) atoms. The maximum absolute atomic E-state index is 12.0. The zero-order valence-corrected chi connectivity index (χ0v) is 14.3. The van der Waals surface area contributed by atoms with Gasteiger partial charge in [0.1, 0.15) is 0 Å². The molecule has 1 aromatic carbocycles.